The van der Waals surface area contributed by atoms with Crippen LogP contribution in [0, 0.1) is 0 Å². The topological polar surface area (TPSA) is 64.1 Å². The van der Waals surface area contributed by atoms with Crippen molar-refractivity contribution in [1.82, 2.24) is 10.2 Å². The summed E-state index contributed by atoms with van der Waals surface area (Å²) in [5.41, 5.74) is 0. The van der Waals surface area contributed by atoms with Crippen LogP contribution in [0.1, 0.15) is 9.88 Å². The van der Waals surface area contributed by atoms with Crippen LogP contribution >= 0.6 is 22.7 Å². The zero-order chi connectivity index (χ0) is 12.1. The maximum absolute atomic E-state index is 11.7. The minimum Gasteiger partial charge on any atom is -0.377 e. The molecule has 2 rings (SSSR count). The number of aromatic nitrogens is 2. The first-order chi connectivity index (χ1) is 8.28. The molecule has 17 heavy (non-hydrogen) atoms. The van der Waals surface area contributed by atoms with Gasteiger partial charge < -0.3 is 10.1 Å². The Morgan fingerprint density at radius 1 is 1.53 bits per heavy atom. The number of ether oxygens (including phenoxy) is 1. The van der Waals surface area contributed by atoms with Crippen molar-refractivity contribution in [2.75, 3.05) is 12.4 Å². The van der Waals surface area contributed by atoms with E-state index in [0.29, 0.717) is 18.2 Å². The van der Waals surface area contributed by atoms with Gasteiger partial charge in [-0.05, 0) is 11.4 Å². The number of amides is 1. The molecule has 90 valence electrons. The molecule has 0 radical (unpaired) electrons. The summed E-state index contributed by atoms with van der Waals surface area (Å²) in [6.45, 7) is 0.415. The van der Waals surface area contributed by atoms with Gasteiger partial charge in [-0.25, -0.2) is 0 Å². The average Bonchev–Trinajstić information content (AvgIpc) is 2.91. The highest BCUT2D eigenvalue weighted by Crippen LogP contribution is 2.16. The lowest BCUT2D eigenvalue weighted by Crippen LogP contribution is -2.13. The summed E-state index contributed by atoms with van der Waals surface area (Å²) in [7, 11) is 1.59. The highest BCUT2D eigenvalue weighted by Gasteiger charge is 2.09. The van der Waals surface area contributed by atoms with Gasteiger partial charge in [0.25, 0.3) is 0 Å². The maximum Gasteiger partial charge on any atom is 0.231 e. The van der Waals surface area contributed by atoms with Gasteiger partial charge in [0.1, 0.15) is 11.6 Å². The Bertz CT molecular complexity index is 481. The minimum atomic E-state index is -0.0763. The SMILES string of the molecule is COCc1nnc(NC(=O)Cc2cccs2)s1. The normalized spacial score (nSPS) is 10.4. The van der Waals surface area contributed by atoms with Gasteiger partial charge in [-0.15, -0.1) is 21.5 Å². The second kappa shape index (κ2) is 5.85. The van der Waals surface area contributed by atoms with E-state index in [1.165, 1.54) is 11.3 Å². The first-order valence-electron chi connectivity index (χ1n) is 4.91. The molecule has 0 aliphatic carbocycles. The van der Waals surface area contributed by atoms with Crippen LogP contribution in [-0.4, -0.2) is 23.2 Å². The summed E-state index contributed by atoms with van der Waals surface area (Å²) < 4.78 is 4.93. The van der Waals surface area contributed by atoms with Gasteiger partial charge in [-0.3, -0.25) is 4.79 Å². The van der Waals surface area contributed by atoms with E-state index in [2.05, 4.69) is 15.5 Å². The van der Waals surface area contributed by atoms with Gasteiger partial charge in [0.05, 0.1) is 6.42 Å². The minimum absolute atomic E-state index is 0.0763. The van der Waals surface area contributed by atoms with E-state index in [1.807, 2.05) is 17.5 Å². The van der Waals surface area contributed by atoms with Crippen LogP contribution in [0.3, 0.4) is 0 Å². The van der Waals surface area contributed by atoms with E-state index in [4.69, 9.17) is 4.74 Å². The molecule has 0 atom stereocenters. The fraction of sp³-hybridized carbons (Fsp3) is 0.300. The molecule has 7 heteroatoms. The van der Waals surface area contributed by atoms with E-state index in [9.17, 15) is 4.79 Å². The van der Waals surface area contributed by atoms with Gasteiger partial charge in [-0.1, -0.05) is 17.4 Å². The van der Waals surface area contributed by atoms with Gasteiger partial charge in [0.2, 0.25) is 11.0 Å². The summed E-state index contributed by atoms with van der Waals surface area (Å²) in [6.07, 6.45) is 0.372. The molecular formula is C10H11N3O2S2. The zero-order valence-corrected chi connectivity index (χ0v) is 10.8. The van der Waals surface area contributed by atoms with Crippen molar-refractivity contribution in [3.8, 4) is 0 Å². The van der Waals surface area contributed by atoms with Gasteiger partial charge >= 0.3 is 0 Å². The van der Waals surface area contributed by atoms with E-state index in [1.54, 1.807) is 18.4 Å². The Labute approximate surface area is 106 Å². The molecule has 0 aromatic carbocycles. The fourth-order valence-corrected chi connectivity index (χ4v) is 2.65. The van der Waals surface area contributed by atoms with Crippen molar-refractivity contribution >= 4 is 33.7 Å². The van der Waals surface area contributed by atoms with Crippen LogP contribution in [0.25, 0.3) is 0 Å². The first-order valence-corrected chi connectivity index (χ1v) is 6.61. The molecular weight excluding hydrogens is 258 g/mol. The Morgan fingerprint density at radius 3 is 3.12 bits per heavy atom. The lowest BCUT2D eigenvalue weighted by Gasteiger charge is -1.98. The van der Waals surface area contributed by atoms with Crippen molar-refractivity contribution in [2.45, 2.75) is 13.0 Å². The molecule has 0 saturated heterocycles. The third kappa shape index (κ3) is 3.58. The average molecular weight is 269 g/mol. The largest absolute Gasteiger partial charge is 0.377 e. The molecule has 0 spiro atoms. The Hall–Kier alpha value is -1.31. The van der Waals surface area contributed by atoms with Crippen LogP contribution in [0.15, 0.2) is 17.5 Å². The second-order valence-electron chi connectivity index (χ2n) is 3.24. The van der Waals surface area contributed by atoms with Crippen LogP contribution in [0.5, 0.6) is 0 Å². The number of hydrogen-bond donors (Lipinski definition) is 1. The molecule has 2 aromatic heterocycles. The summed E-state index contributed by atoms with van der Waals surface area (Å²) in [5, 5.41) is 13.7. The lowest BCUT2D eigenvalue weighted by atomic mass is 10.3. The van der Waals surface area contributed by atoms with Crippen molar-refractivity contribution in [3.63, 3.8) is 0 Å². The van der Waals surface area contributed by atoms with Gasteiger partial charge in [0, 0.05) is 12.0 Å². The molecule has 0 aliphatic rings. The zero-order valence-electron chi connectivity index (χ0n) is 9.17. The number of carbonyl (C=O) groups excluding carboxylic acids is 1. The highest BCUT2D eigenvalue weighted by atomic mass is 32.1. The Balaban J connectivity index is 1.89. The molecule has 5 nitrogen and oxygen atoms in total. The third-order valence-electron chi connectivity index (χ3n) is 1.90. The highest BCUT2D eigenvalue weighted by molar-refractivity contribution is 7.15. The van der Waals surface area contributed by atoms with Crippen LogP contribution in [0.2, 0.25) is 0 Å². The van der Waals surface area contributed by atoms with E-state index >= 15 is 0 Å². The van der Waals surface area contributed by atoms with E-state index < -0.39 is 0 Å². The number of hydrogen-bond acceptors (Lipinski definition) is 6. The van der Waals surface area contributed by atoms with Crippen LogP contribution in [-0.2, 0) is 22.6 Å². The monoisotopic (exact) mass is 269 g/mol. The van der Waals surface area contributed by atoms with Crippen LogP contribution < -0.4 is 5.32 Å². The summed E-state index contributed by atoms with van der Waals surface area (Å²) in [4.78, 5) is 12.7. The number of nitrogens with one attached hydrogen (secondary N) is 1. The third-order valence-corrected chi connectivity index (χ3v) is 3.58. The van der Waals surface area contributed by atoms with E-state index in [0.717, 1.165) is 9.88 Å². The summed E-state index contributed by atoms with van der Waals surface area (Å²) in [6, 6.07) is 3.86. The quantitative estimate of drug-likeness (QED) is 0.900. The standard InChI is InChI=1S/C10H11N3O2S2/c1-15-6-9-12-13-10(17-9)11-8(14)5-7-3-2-4-16-7/h2-4H,5-6H2,1H3,(H,11,13,14). The second-order valence-corrected chi connectivity index (χ2v) is 5.33. The smallest absolute Gasteiger partial charge is 0.231 e. The van der Waals surface area contributed by atoms with Crippen molar-refractivity contribution in [1.29, 1.82) is 0 Å². The van der Waals surface area contributed by atoms with Crippen molar-refractivity contribution < 1.29 is 9.53 Å². The number of carbonyl (C=O) groups is 1. The van der Waals surface area contributed by atoms with Gasteiger partial charge in [0.15, 0.2) is 0 Å². The summed E-state index contributed by atoms with van der Waals surface area (Å²) >= 11 is 2.88. The predicted molar refractivity (Wildman–Crippen MR) is 67.3 cm³/mol. The molecule has 2 aromatic rings. The number of methoxy groups -OCH3 is 1. The molecule has 0 fully saturated rings. The predicted octanol–water partition coefficient (Wildman–Crippen LogP) is 1.93. The molecule has 0 saturated carbocycles. The lowest BCUT2D eigenvalue weighted by molar-refractivity contribution is -0.115. The Morgan fingerprint density at radius 2 is 2.41 bits per heavy atom. The van der Waals surface area contributed by atoms with Crippen LogP contribution in [0.4, 0.5) is 5.13 Å². The molecule has 0 aliphatic heterocycles. The van der Waals surface area contributed by atoms with Gasteiger partial charge in [-0.2, -0.15) is 0 Å². The molecule has 2 heterocycles. The summed E-state index contributed by atoms with van der Waals surface area (Å²) in [5.74, 6) is -0.0763. The number of rotatable bonds is 5. The Kier molecular flexibility index (Phi) is 4.18. The molecule has 1 amide bonds. The maximum atomic E-state index is 11.7. The number of thiophene rings is 1. The first kappa shape index (κ1) is 12.2. The fourth-order valence-electron chi connectivity index (χ4n) is 1.22. The number of nitrogens with zero attached hydrogens (tertiary/aromatic N) is 2. The molecule has 1 N–H and O–H groups in total. The van der Waals surface area contributed by atoms with E-state index in [-0.39, 0.29) is 5.91 Å². The molecule has 0 bridgehead atoms. The number of anilines is 1. The van der Waals surface area contributed by atoms with Crippen molar-refractivity contribution in [3.05, 3.63) is 27.4 Å². The molecule has 0 unspecified atom stereocenters. The van der Waals surface area contributed by atoms with Crippen molar-refractivity contribution in [2.24, 2.45) is 0 Å².